The van der Waals surface area contributed by atoms with Crippen molar-refractivity contribution in [3.8, 4) is 0 Å². The Labute approximate surface area is 131 Å². The number of carbonyl (C=O) groups excluding carboxylic acids is 2. The molecule has 2 fully saturated rings. The van der Waals surface area contributed by atoms with E-state index in [2.05, 4.69) is 10.6 Å². The van der Waals surface area contributed by atoms with Crippen molar-refractivity contribution < 1.29 is 23.8 Å². The van der Waals surface area contributed by atoms with Crippen LogP contribution < -0.4 is 10.6 Å². The first-order valence-electron chi connectivity index (χ1n) is 7.94. The molecule has 2 heterocycles. The first-order chi connectivity index (χ1) is 10.7. The van der Waals surface area contributed by atoms with Crippen LogP contribution in [0.15, 0.2) is 0 Å². The highest BCUT2D eigenvalue weighted by molar-refractivity contribution is 5.78. The van der Waals surface area contributed by atoms with E-state index >= 15 is 0 Å². The Kier molecular flexibility index (Phi) is 7.08. The number of ether oxygens (including phenoxy) is 3. The molecule has 2 rings (SSSR count). The largest absolute Gasteiger partial charge is 0.469 e. The van der Waals surface area contributed by atoms with Crippen LogP contribution >= 0.6 is 0 Å². The molecule has 2 N–H and O–H groups in total. The maximum atomic E-state index is 12.0. The van der Waals surface area contributed by atoms with Crippen molar-refractivity contribution in [1.29, 1.82) is 0 Å². The van der Waals surface area contributed by atoms with Gasteiger partial charge in [-0.15, -0.1) is 0 Å². The number of esters is 1. The van der Waals surface area contributed by atoms with Crippen LogP contribution in [0.25, 0.3) is 0 Å². The molecule has 7 nitrogen and oxygen atoms in total. The lowest BCUT2D eigenvalue weighted by atomic mass is 9.86. The molecule has 2 saturated heterocycles. The minimum absolute atomic E-state index is 0.0495. The van der Waals surface area contributed by atoms with Gasteiger partial charge in [0.15, 0.2) is 0 Å². The lowest BCUT2D eigenvalue weighted by Gasteiger charge is -2.29. The van der Waals surface area contributed by atoms with E-state index in [1.807, 2.05) is 0 Å². The topological polar surface area (TPSA) is 85.9 Å². The third-order valence-electron chi connectivity index (χ3n) is 4.29. The summed E-state index contributed by atoms with van der Waals surface area (Å²) in [4.78, 5) is 24.0. The third-order valence-corrected chi connectivity index (χ3v) is 4.29. The first kappa shape index (κ1) is 17.2. The number of nitrogens with one attached hydrogen (secondary N) is 2. The molecule has 0 aliphatic carbocycles. The maximum Gasteiger partial charge on any atom is 0.310 e. The van der Waals surface area contributed by atoms with Gasteiger partial charge in [-0.1, -0.05) is 0 Å². The Balaban J connectivity index is 1.79. The molecule has 126 valence electrons. The van der Waals surface area contributed by atoms with Crippen LogP contribution in [0.3, 0.4) is 0 Å². The Morgan fingerprint density at radius 3 is 2.68 bits per heavy atom. The van der Waals surface area contributed by atoms with Crippen molar-refractivity contribution in [2.75, 3.05) is 46.6 Å². The maximum absolute atomic E-state index is 12.0. The Bertz CT molecular complexity index is 365. The van der Waals surface area contributed by atoms with Gasteiger partial charge in [-0.3, -0.25) is 9.59 Å². The summed E-state index contributed by atoms with van der Waals surface area (Å²) in [5.74, 6) is -0.415. The summed E-state index contributed by atoms with van der Waals surface area (Å²) >= 11 is 0. The van der Waals surface area contributed by atoms with E-state index < -0.39 is 0 Å². The van der Waals surface area contributed by atoms with Crippen LogP contribution in [0, 0.1) is 11.8 Å². The van der Waals surface area contributed by atoms with Crippen LogP contribution in [0.5, 0.6) is 0 Å². The molecule has 7 heteroatoms. The van der Waals surface area contributed by atoms with Gasteiger partial charge in [0, 0.05) is 38.8 Å². The SMILES string of the molecule is COC(=O)C(CNC(=O)CC1COCCN1)C1CCOCC1. The van der Waals surface area contributed by atoms with Gasteiger partial charge in [-0.05, 0) is 18.8 Å². The van der Waals surface area contributed by atoms with E-state index in [0.717, 1.165) is 19.4 Å². The number of amides is 1. The fourth-order valence-corrected chi connectivity index (χ4v) is 2.98. The van der Waals surface area contributed by atoms with E-state index in [1.165, 1.54) is 7.11 Å². The lowest BCUT2D eigenvalue weighted by Crippen LogP contribution is -2.45. The highest BCUT2D eigenvalue weighted by Crippen LogP contribution is 2.24. The van der Waals surface area contributed by atoms with Gasteiger partial charge >= 0.3 is 5.97 Å². The molecular formula is C15H26N2O5. The summed E-state index contributed by atoms with van der Waals surface area (Å²) in [5.41, 5.74) is 0. The highest BCUT2D eigenvalue weighted by Gasteiger charge is 2.31. The number of rotatable bonds is 6. The molecule has 0 bridgehead atoms. The van der Waals surface area contributed by atoms with Crippen molar-refractivity contribution in [3.05, 3.63) is 0 Å². The molecule has 0 aromatic rings. The van der Waals surface area contributed by atoms with Crippen molar-refractivity contribution in [1.82, 2.24) is 10.6 Å². The standard InChI is InChI=1S/C15H26N2O5/c1-20-15(19)13(11-2-5-21-6-3-11)9-17-14(18)8-12-10-22-7-4-16-12/h11-13,16H,2-10H2,1H3,(H,17,18). The summed E-state index contributed by atoms with van der Waals surface area (Å²) < 4.78 is 15.5. The normalized spacial score (nSPS) is 24.5. The minimum Gasteiger partial charge on any atom is -0.469 e. The molecule has 1 amide bonds. The summed E-state index contributed by atoms with van der Waals surface area (Å²) in [6, 6.07) is 0.0495. The zero-order chi connectivity index (χ0) is 15.8. The van der Waals surface area contributed by atoms with Crippen molar-refractivity contribution in [2.45, 2.75) is 25.3 Å². The molecule has 0 spiro atoms. The first-order valence-corrected chi connectivity index (χ1v) is 7.94. The van der Waals surface area contributed by atoms with Gasteiger partial charge < -0.3 is 24.8 Å². The second-order valence-electron chi connectivity index (χ2n) is 5.81. The van der Waals surface area contributed by atoms with E-state index in [1.54, 1.807) is 0 Å². The third kappa shape index (κ3) is 5.23. The monoisotopic (exact) mass is 314 g/mol. The molecule has 0 aromatic carbocycles. The predicted molar refractivity (Wildman–Crippen MR) is 79.3 cm³/mol. The average Bonchev–Trinajstić information content (AvgIpc) is 2.56. The van der Waals surface area contributed by atoms with E-state index in [4.69, 9.17) is 14.2 Å². The highest BCUT2D eigenvalue weighted by atomic mass is 16.5. The molecule has 2 atom stereocenters. The molecular weight excluding hydrogens is 288 g/mol. The van der Waals surface area contributed by atoms with Gasteiger partial charge in [0.1, 0.15) is 0 Å². The summed E-state index contributed by atoms with van der Waals surface area (Å²) in [5, 5.41) is 6.11. The number of morpholine rings is 1. The van der Waals surface area contributed by atoms with E-state index in [0.29, 0.717) is 39.4 Å². The molecule has 22 heavy (non-hydrogen) atoms. The van der Waals surface area contributed by atoms with Crippen molar-refractivity contribution in [2.24, 2.45) is 11.8 Å². The number of carbonyl (C=O) groups is 2. The molecule has 0 radical (unpaired) electrons. The van der Waals surface area contributed by atoms with Gasteiger partial charge in [0.25, 0.3) is 0 Å². The van der Waals surface area contributed by atoms with Crippen LogP contribution in [0.4, 0.5) is 0 Å². The Morgan fingerprint density at radius 1 is 1.27 bits per heavy atom. The van der Waals surface area contributed by atoms with Crippen molar-refractivity contribution in [3.63, 3.8) is 0 Å². The molecule has 0 aromatic heterocycles. The fourth-order valence-electron chi connectivity index (χ4n) is 2.98. The summed E-state index contributed by atoms with van der Waals surface area (Å²) in [6.45, 7) is 3.65. The molecule has 2 unspecified atom stereocenters. The van der Waals surface area contributed by atoms with Gasteiger partial charge in [0.05, 0.1) is 26.2 Å². The van der Waals surface area contributed by atoms with E-state index in [9.17, 15) is 9.59 Å². The second kappa shape index (κ2) is 9.07. The number of hydrogen-bond acceptors (Lipinski definition) is 6. The zero-order valence-electron chi connectivity index (χ0n) is 13.1. The summed E-state index contributed by atoms with van der Waals surface area (Å²) in [6.07, 6.45) is 2.02. The predicted octanol–water partition coefficient (Wildman–Crippen LogP) is -0.303. The van der Waals surface area contributed by atoms with Crippen molar-refractivity contribution >= 4 is 11.9 Å². The average molecular weight is 314 g/mol. The van der Waals surface area contributed by atoms with Crippen LogP contribution in [0.1, 0.15) is 19.3 Å². The Morgan fingerprint density at radius 2 is 2.05 bits per heavy atom. The fraction of sp³-hybridized carbons (Fsp3) is 0.867. The van der Waals surface area contributed by atoms with Crippen LogP contribution in [-0.2, 0) is 23.8 Å². The molecule has 2 aliphatic heterocycles. The minimum atomic E-state index is -0.298. The quantitative estimate of drug-likeness (QED) is 0.655. The van der Waals surface area contributed by atoms with Gasteiger partial charge in [0.2, 0.25) is 5.91 Å². The summed E-state index contributed by atoms with van der Waals surface area (Å²) in [7, 11) is 1.39. The second-order valence-corrected chi connectivity index (χ2v) is 5.81. The number of methoxy groups -OCH3 is 1. The van der Waals surface area contributed by atoms with Crippen LogP contribution in [0.2, 0.25) is 0 Å². The lowest BCUT2D eigenvalue weighted by molar-refractivity contribution is -0.148. The zero-order valence-corrected chi connectivity index (χ0v) is 13.1. The van der Waals surface area contributed by atoms with Gasteiger partial charge in [-0.2, -0.15) is 0 Å². The van der Waals surface area contributed by atoms with E-state index in [-0.39, 0.29) is 29.8 Å². The molecule has 0 saturated carbocycles. The molecule has 2 aliphatic rings. The smallest absolute Gasteiger partial charge is 0.310 e. The Hall–Kier alpha value is -1.18. The number of hydrogen-bond donors (Lipinski definition) is 2. The van der Waals surface area contributed by atoms with Gasteiger partial charge in [-0.25, -0.2) is 0 Å². The van der Waals surface area contributed by atoms with Crippen LogP contribution in [-0.4, -0.2) is 64.5 Å².